The number of nitrogens with one attached hydrogen (secondary N) is 1. The van der Waals surface area contributed by atoms with Gasteiger partial charge >= 0.3 is 0 Å². The number of carbonyl (C=O) groups is 1. The Bertz CT molecular complexity index is 1430. The van der Waals surface area contributed by atoms with Crippen molar-refractivity contribution < 1.29 is 19.0 Å². The second-order valence-electron chi connectivity index (χ2n) is 11.3. The molecule has 9 heteroatoms. The maximum atomic E-state index is 14.1. The lowest BCUT2D eigenvalue weighted by Gasteiger charge is -2.61. The third-order valence-electron chi connectivity index (χ3n) is 8.22. The van der Waals surface area contributed by atoms with E-state index in [0.717, 1.165) is 49.2 Å². The summed E-state index contributed by atoms with van der Waals surface area (Å²) < 4.78 is 18.7. The SMILES string of the molecule is COc1ccc(-c2cnc3c(c2)c(OC(C)C)c(C(=O)NC24CC(C2)C4)c(=O)n3CCN2CCOCC2)cc1. The molecule has 1 aromatic carbocycles. The van der Waals surface area contributed by atoms with Crippen LogP contribution in [0.15, 0.2) is 41.3 Å². The van der Waals surface area contributed by atoms with Crippen LogP contribution in [0, 0.1) is 5.92 Å². The molecule has 7 rings (SSSR count). The molecule has 3 saturated carbocycles. The summed E-state index contributed by atoms with van der Waals surface area (Å²) in [6.07, 6.45) is 4.50. The van der Waals surface area contributed by atoms with E-state index in [0.29, 0.717) is 49.0 Å². The molecule has 3 heterocycles. The van der Waals surface area contributed by atoms with E-state index in [4.69, 9.17) is 19.2 Å². The molecule has 3 aromatic rings. The van der Waals surface area contributed by atoms with E-state index in [1.807, 2.05) is 44.2 Å². The van der Waals surface area contributed by atoms with Gasteiger partial charge in [-0.3, -0.25) is 19.1 Å². The Kier molecular flexibility index (Phi) is 6.81. The van der Waals surface area contributed by atoms with Crippen molar-refractivity contribution in [2.24, 2.45) is 5.92 Å². The van der Waals surface area contributed by atoms with Gasteiger partial charge in [0.2, 0.25) is 0 Å². The van der Waals surface area contributed by atoms with Gasteiger partial charge in [-0.2, -0.15) is 0 Å². The van der Waals surface area contributed by atoms with Gasteiger partial charge in [0.05, 0.1) is 31.8 Å². The van der Waals surface area contributed by atoms with Crippen LogP contribution < -0.4 is 20.3 Å². The fraction of sp³-hybridized carbons (Fsp3) is 0.500. The fourth-order valence-corrected chi connectivity index (χ4v) is 6.01. The van der Waals surface area contributed by atoms with Crippen LogP contribution in [-0.2, 0) is 11.3 Å². The zero-order chi connectivity index (χ0) is 27.1. The number of methoxy groups -OCH3 is 1. The van der Waals surface area contributed by atoms with Crippen molar-refractivity contribution in [3.05, 3.63) is 52.4 Å². The minimum absolute atomic E-state index is 0.0663. The number of morpholine rings is 1. The Balaban J connectivity index is 1.48. The average molecular weight is 533 g/mol. The molecule has 1 amide bonds. The number of hydrogen-bond donors (Lipinski definition) is 1. The van der Waals surface area contributed by atoms with Gasteiger partial charge in [-0.05, 0) is 62.8 Å². The number of nitrogens with zero attached hydrogens (tertiary/aromatic N) is 3. The van der Waals surface area contributed by atoms with Crippen molar-refractivity contribution in [1.82, 2.24) is 19.8 Å². The van der Waals surface area contributed by atoms with Gasteiger partial charge in [-0.1, -0.05) is 12.1 Å². The summed E-state index contributed by atoms with van der Waals surface area (Å²) in [6, 6.07) is 9.71. The normalized spacial score (nSPS) is 22.3. The number of rotatable bonds is 9. The van der Waals surface area contributed by atoms with Gasteiger partial charge < -0.3 is 19.5 Å². The first-order valence-corrected chi connectivity index (χ1v) is 13.9. The van der Waals surface area contributed by atoms with Gasteiger partial charge in [-0.25, -0.2) is 4.98 Å². The third-order valence-corrected chi connectivity index (χ3v) is 8.22. The predicted octanol–water partition coefficient (Wildman–Crippen LogP) is 3.47. The van der Waals surface area contributed by atoms with Gasteiger partial charge in [0.1, 0.15) is 22.7 Å². The van der Waals surface area contributed by atoms with Crippen LogP contribution in [-0.4, -0.2) is 72.0 Å². The van der Waals surface area contributed by atoms with Crippen LogP contribution >= 0.6 is 0 Å². The van der Waals surface area contributed by atoms with E-state index >= 15 is 0 Å². The minimum atomic E-state index is -0.361. The summed E-state index contributed by atoms with van der Waals surface area (Å²) in [5.41, 5.74) is 1.87. The summed E-state index contributed by atoms with van der Waals surface area (Å²) >= 11 is 0. The predicted molar refractivity (Wildman–Crippen MR) is 149 cm³/mol. The van der Waals surface area contributed by atoms with E-state index < -0.39 is 0 Å². The molecule has 2 aromatic heterocycles. The summed E-state index contributed by atoms with van der Waals surface area (Å²) in [5.74, 6) is 1.42. The van der Waals surface area contributed by atoms with Crippen LogP contribution in [0.25, 0.3) is 22.2 Å². The lowest BCUT2D eigenvalue weighted by atomic mass is 9.50. The van der Waals surface area contributed by atoms with Crippen molar-refractivity contribution in [3.8, 4) is 22.6 Å². The summed E-state index contributed by atoms with van der Waals surface area (Å²) in [6.45, 7) is 7.87. The van der Waals surface area contributed by atoms with Crippen LogP contribution in [0.3, 0.4) is 0 Å². The lowest BCUT2D eigenvalue weighted by molar-refractivity contribution is -0.0439. The molecule has 3 aliphatic carbocycles. The highest BCUT2D eigenvalue weighted by molar-refractivity contribution is 6.03. The largest absolute Gasteiger partial charge is 0.497 e. The highest BCUT2D eigenvalue weighted by atomic mass is 16.5. The Labute approximate surface area is 228 Å². The molecular formula is C30H36N4O5. The second-order valence-corrected chi connectivity index (χ2v) is 11.3. The second kappa shape index (κ2) is 10.3. The number of ether oxygens (including phenoxy) is 3. The molecule has 39 heavy (non-hydrogen) atoms. The van der Waals surface area contributed by atoms with Crippen LogP contribution in [0.2, 0.25) is 0 Å². The number of benzene rings is 1. The topological polar surface area (TPSA) is 94.9 Å². The van der Waals surface area contributed by atoms with Gasteiger partial charge in [0, 0.05) is 43.5 Å². The van der Waals surface area contributed by atoms with Gasteiger partial charge in [0.15, 0.2) is 0 Å². The molecular weight excluding hydrogens is 496 g/mol. The molecule has 4 fully saturated rings. The molecule has 9 nitrogen and oxygen atoms in total. The van der Waals surface area contributed by atoms with Crippen LogP contribution in [0.4, 0.5) is 0 Å². The molecule has 0 atom stereocenters. The highest BCUT2D eigenvalue weighted by Gasteiger charge is 2.57. The smallest absolute Gasteiger partial charge is 0.268 e. The molecule has 206 valence electrons. The molecule has 1 aliphatic heterocycles. The highest BCUT2D eigenvalue weighted by Crippen LogP contribution is 2.57. The van der Waals surface area contributed by atoms with Crippen LogP contribution in [0.5, 0.6) is 11.5 Å². The van der Waals surface area contributed by atoms with E-state index in [9.17, 15) is 9.59 Å². The molecule has 4 aliphatic rings. The number of amides is 1. The fourth-order valence-electron chi connectivity index (χ4n) is 6.01. The molecule has 0 spiro atoms. The Hall–Kier alpha value is -3.43. The van der Waals surface area contributed by atoms with E-state index in [-0.39, 0.29) is 28.7 Å². The van der Waals surface area contributed by atoms with Gasteiger partial charge in [-0.15, -0.1) is 0 Å². The number of fused-ring (bicyclic) bond motifs is 1. The van der Waals surface area contributed by atoms with Crippen molar-refractivity contribution in [3.63, 3.8) is 0 Å². The standard InChI is InChI=1S/C30H36N4O5/c1-19(2)39-26-24-14-22(21-4-6-23(37-3)7-5-21)18-31-27(24)34(9-8-33-10-12-38-13-11-33)29(36)25(26)28(35)32-30-15-20(16-30)17-30/h4-7,14,18-20H,8-13,15-17H2,1-3H3,(H,32,35). The van der Waals surface area contributed by atoms with Gasteiger partial charge in [0.25, 0.3) is 11.5 Å². The monoisotopic (exact) mass is 532 g/mol. The number of aromatic nitrogens is 2. The zero-order valence-corrected chi connectivity index (χ0v) is 22.9. The molecule has 0 unspecified atom stereocenters. The summed E-state index contributed by atoms with van der Waals surface area (Å²) in [7, 11) is 1.64. The first kappa shape index (κ1) is 25.8. The van der Waals surface area contributed by atoms with Crippen molar-refractivity contribution >= 4 is 16.9 Å². The molecule has 1 saturated heterocycles. The van der Waals surface area contributed by atoms with Crippen molar-refractivity contribution in [2.45, 2.75) is 51.3 Å². The maximum absolute atomic E-state index is 14.1. The Morgan fingerprint density at radius 3 is 2.46 bits per heavy atom. The molecule has 1 N–H and O–H groups in total. The van der Waals surface area contributed by atoms with E-state index in [2.05, 4.69) is 10.2 Å². The lowest BCUT2D eigenvalue weighted by Crippen LogP contribution is -2.68. The van der Waals surface area contributed by atoms with E-state index in [1.54, 1.807) is 17.9 Å². The molecule has 0 radical (unpaired) electrons. The van der Waals surface area contributed by atoms with E-state index in [1.165, 1.54) is 0 Å². The Morgan fingerprint density at radius 2 is 1.85 bits per heavy atom. The Morgan fingerprint density at radius 1 is 1.13 bits per heavy atom. The van der Waals surface area contributed by atoms with Crippen molar-refractivity contribution in [1.29, 1.82) is 0 Å². The number of hydrogen-bond acceptors (Lipinski definition) is 7. The number of pyridine rings is 2. The number of carbonyl (C=O) groups excluding carboxylic acids is 1. The first-order chi connectivity index (χ1) is 18.9. The zero-order valence-electron chi connectivity index (χ0n) is 22.9. The quantitative estimate of drug-likeness (QED) is 0.451. The van der Waals surface area contributed by atoms with Crippen molar-refractivity contribution in [2.75, 3.05) is 40.0 Å². The van der Waals surface area contributed by atoms with Crippen LogP contribution in [0.1, 0.15) is 43.5 Å². The minimum Gasteiger partial charge on any atom is -0.497 e. The average Bonchev–Trinajstić information content (AvgIpc) is 2.90. The summed E-state index contributed by atoms with van der Waals surface area (Å²) in [5, 5.41) is 3.85. The third kappa shape index (κ3) is 4.89. The summed E-state index contributed by atoms with van der Waals surface area (Å²) in [4.78, 5) is 34.9. The molecule has 2 bridgehead atoms. The maximum Gasteiger partial charge on any atom is 0.268 e. The first-order valence-electron chi connectivity index (χ1n) is 13.9.